The van der Waals surface area contributed by atoms with Gasteiger partial charge in [0, 0.05) is 11.8 Å². The van der Waals surface area contributed by atoms with Gasteiger partial charge in [-0.3, -0.25) is 4.79 Å². The van der Waals surface area contributed by atoms with E-state index in [4.69, 9.17) is 14.3 Å². The monoisotopic (exact) mass is 340 g/mol. The van der Waals surface area contributed by atoms with E-state index in [1.54, 1.807) is 31.3 Å². The van der Waals surface area contributed by atoms with E-state index in [0.717, 1.165) is 5.56 Å². The second-order valence-corrected chi connectivity index (χ2v) is 5.74. The summed E-state index contributed by atoms with van der Waals surface area (Å²) in [6.07, 6.45) is 0.850. The average molecular weight is 340 g/mol. The van der Waals surface area contributed by atoms with Crippen molar-refractivity contribution < 1.29 is 19.1 Å². The molecule has 1 atom stereocenters. The average Bonchev–Trinajstić information content (AvgIpc) is 2.63. The van der Waals surface area contributed by atoms with Gasteiger partial charge in [0.15, 0.2) is 11.5 Å². The van der Waals surface area contributed by atoms with Crippen LogP contribution in [0.2, 0.25) is 0 Å². The Balaban J connectivity index is 1.54. The fourth-order valence-corrected chi connectivity index (χ4v) is 2.25. The summed E-state index contributed by atoms with van der Waals surface area (Å²) in [6.45, 7) is 4.68. The number of fused-ring (bicyclic) bond motifs is 1. The Kier molecular flexibility index (Phi) is 5.18. The third-order valence-electron chi connectivity index (χ3n) is 3.68. The van der Waals surface area contributed by atoms with E-state index < -0.39 is 6.10 Å². The fraction of sp³-hybridized carbons (Fsp3) is 0.263. The largest absolute Gasteiger partial charge is 0.486 e. The molecule has 0 radical (unpaired) electrons. The highest BCUT2D eigenvalue weighted by atomic mass is 16.6. The summed E-state index contributed by atoms with van der Waals surface area (Å²) in [5.74, 6) is 1.00. The zero-order valence-electron chi connectivity index (χ0n) is 14.2. The molecule has 2 aromatic rings. The molecule has 1 heterocycles. The standard InChI is InChI=1S/C19H20N2O4/c1-13-3-5-15(6-4-13)12-20-25-14(2)19(22)21-16-7-8-17-18(11-16)24-10-9-23-17/h3-8,11-12,14H,9-10H2,1-2H3,(H,21,22)/b20-12-/t14-/m0/s1. The molecule has 0 fully saturated rings. The van der Waals surface area contributed by atoms with Crippen molar-refractivity contribution >= 4 is 17.8 Å². The number of benzene rings is 2. The summed E-state index contributed by atoms with van der Waals surface area (Å²) in [7, 11) is 0. The van der Waals surface area contributed by atoms with Crippen molar-refractivity contribution in [3.63, 3.8) is 0 Å². The normalized spacial score (nSPS) is 14.2. The first-order valence-electron chi connectivity index (χ1n) is 8.08. The summed E-state index contributed by atoms with van der Waals surface area (Å²) < 4.78 is 10.9. The molecular weight excluding hydrogens is 320 g/mol. The van der Waals surface area contributed by atoms with Crippen molar-refractivity contribution in [2.24, 2.45) is 5.16 Å². The Bertz CT molecular complexity index is 771. The Labute approximate surface area is 146 Å². The van der Waals surface area contributed by atoms with Crippen LogP contribution in [0.5, 0.6) is 11.5 Å². The van der Waals surface area contributed by atoms with Crippen LogP contribution >= 0.6 is 0 Å². The molecule has 0 aliphatic carbocycles. The number of hydrogen-bond donors (Lipinski definition) is 1. The number of carbonyl (C=O) groups excluding carboxylic acids is 1. The van der Waals surface area contributed by atoms with E-state index in [1.165, 1.54) is 5.56 Å². The number of amides is 1. The van der Waals surface area contributed by atoms with Gasteiger partial charge < -0.3 is 19.6 Å². The number of nitrogens with zero attached hydrogens (tertiary/aromatic N) is 1. The van der Waals surface area contributed by atoms with Crippen LogP contribution < -0.4 is 14.8 Å². The fourth-order valence-electron chi connectivity index (χ4n) is 2.25. The third kappa shape index (κ3) is 4.50. The lowest BCUT2D eigenvalue weighted by Gasteiger charge is -2.19. The highest BCUT2D eigenvalue weighted by Gasteiger charge is 2.17. The summed E-state index contributed by atoms with van der Waals surface area (Å²) >= 11 is 0. The molecule has 2 aromatic carbocycles. The van der Waals surface area contributed by atoms with Crippen molar-refractivity contribution in [2.75, 3.05) is 18.5 Å². The number of ether oxygens (including phenoxy) is 2. The van der Waals surface area contributed by atoms with Crippen LogP contribution in [0, 0.1) is 6.92 Å². The van der Waals surface area contributed by atoms with Gasteiger partial charge in [-0.15, -0.1) is 0 Å². The van der Waals surface area contributed by atoms with Crippen LogP contribution in [0.3, 0.4) is 0 Å². The molecule has 0 aromatic heterocycles. The number of nitrogens with one attached hydrogen (secondary N) is 1. The minimum absolute atomic E-state index is 0.294. The second kappa shape index (κ2) is 7.70. The van der Waals surface area contributed by atoms with Crippen molar-refractivity contribution in [1.82, 2.24) is 0 Å². The lowest BCUT2D eigenvalue weighted by atomic mass is 10.2. The van der Waals surface area contributed by atoms with E-state index in [-0.39, 0.29) is 5.91 Å². The number of carbonyl (C=O) groups is 1. The van der Waals surface area contributed by atoms with Crippen LogP contribution in [-0.2, 0) is 9.63 Å². The van der Waals surface area contributed by atoms with Crippen molar-refractivity contribution in [3.05, 3.63) is 53.6 Å². The molecule has 0 bridgehead atoms. The van der Waals surface area contributed by atoms with Gasteiger partial charge in [-0.1, -0.05) is 35.0 Å². The molecule has 25 heavy (non-hydrogen) atoms. The smallest absolute Gasteiger partial charge is 0.267 e. The summed E-state index contributed by atoms with van der Waals surface area (Å²) in [5, 5.41) is 6.65. The molecule has 6 nitrogen and oxygen atoms in total. The number of aryl methyl sites for hydroxylation is 1. The highest BCUT2D eigenvalue weighted by Crippen LogP contribution is 2.32. The summed E-state index contributed by atoms with van der Waals surface area (Å²) in [5.41, 5.74) is 2.70. The molecule has 0 saturated carbocycles. The van der Waals surface area contributed by atoms with Gasteiger partial charge in [-0.05, 0) is 31.5 Å². The van der Waals surface area contributed by atoms with Crippen LogP contribution in [-0.4, -0.2) is 31.4 Å². The molecule has 1 aliphatic heterocycles. The zero-order chi connectivity index (χ0) is 17.6. The first-order chi connectivity index (χ1) is 12.1. The number of oxime groups is 1. The van der Waals surface area contributed by atoms with E-state index in [2.05, 4.69) is 10.5 Å². The number of hydrogen-bond acceptors (Lipinski definition) is 5. The Morgan fingerprint density at radius 2 is 1.88 bits per heavy atom. The minimum Gasteiger partial charge on any atom is -0.486 e. The topological polar surface area (TPSA) is 69.2 Å². The Hall–Kier alpha value is -3.02. The Morgan fingerprint density at radius 3 is 2.64 bits per heavy atom. The van der Waals surface area contributed by atoms with Crippen LogP contribution in [0.1, 0.15) is 18.1 Å². The van der Waals surface area contributed by atoms with E-state index in [1.807, 2.05) is 31.2 Å². The maximum Gasteiger partial charge on any atom is 0.267 e. The minimum atomic E-state index is -0.727. The summed E-state index contributed by atoms with van der Waals surface area (Å²) in [6, 6.07) is 13.1. The van der Waals surface area contributed by atoms with Gasteiger partial charge in [0.05, 0.1) is 6.21 Å². The molecule has 1 amide bonds. The first kappa shape index (κ1) is 16.8. The summed E-state index contributed by atoms with van der Waals surface area (Å²) in [4.78, 5) is 17.4. The van der Waals surface area contributed by atoms with Crippen molar-refractivity contribution in [2.45, 2.75) is 20.0 Å². The molecule has 0 saturated heterocycles. The quantitative estimate of drug-likeness (QED) is 0.671. The second-order valence-electron chi connectivity index (χ2n) is 5.74. The van der Waals surface area contributed by atoms with Gasteiger partial charge in [0.25, 0.3) is 5.91 Å². The molecule has 6 heteroatoms. The van der Waals surface area contributed by atoms with Crippen LogP contribution in [0.25, 0.3) is 0 Å². The lowest BCUT2D eigenvalue weighted by Crippen LogP contribution is -2.26. The molecule has 0 unspecified atom stereocenters. The van der Waals surface area contributed by atoms with Crippen molar-refractivity contribution in [3.8, 4) is 11.5 Å². The predicted octanol–water partition coefficient (Wildman–Crippen LogP) is 3.14. The number of rotatable bonds is 5. The van der Waals surface area contributed by atoms with Crippen molar-refractivity contribution in [1.29, 1.82) is 0 Å². The maximum absolute atomic E-state index is 12.2. The Morgan fingerprint density at radius 1 is 1.16 bits per heavy atom. The third-order valence-corrected chi connectivity index (χ3v) is 3.68. The van der Waals surface area contributed by atoms with E-state index in [0.29, 0.717) is 30.4 Å². The first-order valence-corrected chi connectivity index (χ1v) is 8.08. The van der Waals surface area contributed by atoms with Gasteiger partial charge >= 0.3 is 0 Å². The maximum atomic E-state index is 12.2. The predicted molar refractivity (Wildman–Crippen MR) is 95.4 cm³/mol. The SMILES string of the molecule is Cc1ccc(/C=N\O[C@@H](C)C(=O)Nc2ccc3c(c2)OCCO3)cc1. The molecule has 1 aliphatic rings. The van der Waals surface area contributed by atoms with Gasteiger partial charge in [0.1, 0.15) is 13.2 Å². The molecule has 3 rings (SSSR count). The molecule has 1 N–H and O–H groups in total. The highest BCUT2D eigenvalue weighted by molar-refractivity contribution is 5.94. The number of anilines is 1. The molecular formula is C19H20N2O4. The van der Waals surface area contributed by atoms with Crippen LogP contribution in [0.15, 0.2) is 47.6 Å². The lowest BCUT2D eigenvalue weighted by molar-refractivity contribution is -0.126. The van der Waals surface area contributed by atoms with Gasteiger partial charge in [-0.2, -0.15) is 0 Å². The van der Waals surface area contributed by atoms with E-state index >= 15 is 0 Å². The zero-order valence-corrected chi connectivity index (χ0v) is 14.2. The molecule has 0 spiro atoms. The van der Waals surface area contributed by atoms with Gasteiger partial charge in [0.2, 0.25) is 6.10 Å². The van der Waals surface area contributed by atoms with Crippen LogP contribution in [0.4, 0.5) is 5.69 Å². The molecule has 130 valence electrons. The van der Waals surface area contributed by atoms with E-state index in [9.17, 15) is 4.79 Å². The van der Waals surface area contributed by atoms with Gasteiger partial charge in [-0.25, -0.2) is 0 Å².